The van der Waals surface area contributed by atoms with Crippen LogP contribution in [0.4, 0.5) is 4.79 Å². The van der Waals surface area contributed by atoms with Crippen molar-refractivity contribution >= 4 is 11.9 Å². The highest BCUT2D eigenvalue weighted by Crippen LogP contribution is 2.37. The van der Waals surface area contributed by atoms with Crippen molar-refractivity contribution in [2.45, 2.75) is 108 Å². The topological polar surface area (TPSA) is 61.4 Å². The second-order valence-corrected chi connectivity index (χ2v) is 10.2. The van der Waals surface area contributed by atoms with Gasteiger partial charge in [-0.15, -0.1) is 0 Å². The number of hydrogen-bond acceptors (Lipinski definition) is 2. The molecule has 1 saturated heterocycles. The summed E-state index contributed by atoms with van der Waals surface area (Å²) in [5.74, 6) is 1.86. The fraction of sp³-hybridized carbons (Fsp3) is 0.917. The van der Waals surface area contributed by atoms with E-state index in [0.29, 0.717) is 17.9 Å². The first-order valence-electron chi connectivity index (χ1n) is 12.6. The molecule has 1 aliphatic heterocycles. The van der Waals surface area contributed by atoms with Gasteiger partial charge in [0.2, 0.25) is 5.91 Å². The van der Waals surface area contributed by atoms with Crippen LogP contribution >= 0.6 is 0 Å². The molecule has 0 radical (unpaired) electrons. The third-order valence-electron chi connectivity index (χ3n) is 8.21. The van der Waals surface area contributed by atoms with Crippen molar-refractivity contribution in [2.24, 2.45) is 17.8 Å². The van der Waals surface area contributed by atoms with Crippen LogP contribution in [0.3, 0.4) is 0 Å². The van der Waals surface area contributed by atoms with Gasteiger partial charge in [-0.25, -0.2) is 4.79 Å². The number of carbonyl (C=O) groups is 2. The summed E-state index contributed by atoms with van der Waals surface area (Å²) < 4.78 is 0. The number of nitrogens with zero attached hydrogens (tertiary/aromatic N) is 1. The summed E-state index contributed by atoms with van der Waals surface area (Å²) in [6, 6.07) is 0.774. The number of piperidine rings is 1. The zero-order chi connectivity index (χ0) is 20.1. The van der Waals surface area contributed by atoms with Crippen molar-refractivity contribution in [2.75, 3.05) is 13.1 Å². The zero-order valence-corrected chi connectivity index (χ0v) is 18.2. The molecule has 1 heterocycles. The van der Waals surface area contributed by atoms with Crippen molar-refractivity contribution in [1.82, 2.24) is 15.5 Å². The summed E-state index contributed by atoms with van der Waals surface area (Å²) in [5.41, 5.74) is 0. The zero-order valence-electron chi connectivity index (χ0n) is 18.2. The normalized spacial score (nSPS) is 25.6. The van der Waals surface area contributed by atoms with E-state index in [2.05, 4.69) is 10.6 Å². The van der Waals surface area contributed by atoms with Crippen LogP contribution in [0.15, 0.2) is 0 Å². The number of hydrogen-bond donors (Lipinski definition) is 2. The van der Waals surface area contributed by atoms with Crippen molar-refractivity contribution in [3.05, 3.63) is 0 Å². The molecule has 0 bridgehead atoms. The Labute approximate surface area is 176 Å². The molecule has 4 fully saturated rings. The van der Waals surface area contributed by atoms with E-state index in [1.807, 2.05) is 4.90 Å². The molecule has 5 nitrogen and oxygen atoms in total. The van der Waals surface area contributed by atoms with E-state index >= 15 is 0 Å². The summed E-state index contributed by atoms with van der Waals surface area (Å²) in [4.78, 5) is 27.5. The Balaban J connectivity index is 1.24. The van der Waals surface area contributed by atoms with Gasteiger partial charge in [0.05, 0.1) is 0 Å². The van der Waals surface area contributed by atoms with Gasteiger partial charge in [0.25, 0.3) is 0 Å². The van der Waals surface area contributed by atoms with Crippen LogP contribution in [-0.4, -0.2) is 42.0 Å². The molecule has 29 heavy (non-hydrogen) atoms. The summed E-state index contributed by atoms with van der Waals surface area (Å²) in [7, 11) is 0. The number of amides is 3. The van der Waals surface area contributed by atoms with E-state index in [4.69, 9.17) is 0 Å². The molecule has 0 atom stereocenters. The Bertz CT molecular complexity index is 524. The van der Waals surface area contributed by atoms with Gasteiger partial charge in [0.1, 0.15) is 0 Å². The largest absolute Gasteiger partial charge is 0.353 e. The minimum atomic E-state index is 0.144. The molecule has 3 saturated carbocycles. The van der Waals surface area contributed by atoms with E-state index in [1.54, 1.807) is 0 Å². The van der Waals surface area contributed by atoms with Crippen molar-refractivity contribution in [1.29, 1.82) is 0 Å². The molecule has 0 aromatic rings. The number of carbonyl (C=O) groups excluding carboxylic acids is 2. The van der Waals surface area contributed by atoms with Gasteiger partial charge >= 0.3 is 6.03 Å². The molecule has 0 spiro atoms. The maximum Gasteiger partial charge on any atom is 0.317 e. The lowest BCUT2D eigenvalue weighted by atomic mass is 9.86. The maximum atomic E-state index is 13.0. The highest BCUT2D eigenvalue weighted by atomic mass is 16.2. The Morgan fingerprint density at radius 1 is 0.690 bits per heavy atom. The van der Waals surface area contributed by atoms with Gasteiger partial charge in [-0.1, -0.05) is 44.9 Å². The Kier molecular flexibility index (Phi) is 7.36. The van der Waals surface area contributed by atoms with Crippen LogP contribution in [0.1, 0.15) is 96.3 Å². The molecule has 0 unspecified atom stereocenters. The molecule has 3 aliphatic carbocycles. The number of urea groups is 1. The monoisotopic (exact) mass is 403 g/mol. The van der Waals surface area contributed by atoms with Crippen LogP contribution in [0.2, 0.25) is 0 Å². The number of likely N-dealkylation sites (tertiary alicyclic amines) is 1. The summed E-state index contributed by atoms with van der Waals surface area (Å²) >= 11 is 0. The second kappa shape index (κ2) is 10.2. The Morgan fingerprint density at radius 2 is 1.21 bits per heavy atom. The van der Waals surface area contributed by atoms with E-state index in [-0.39, 0.29) is 23.9 Å². The van der Waals surface area contributed by atoms with Crippen LogP contribution in [0, 0.1) is 17.8 Å². The quantitative estimate of drug-likeness (QED) is 0.704. The van der Waals surface area contributed by atoms with Gasteiger partial charge in [-0.05, 0) is 63.2 Å². The Morgan fingerprint density at radius 3 is 1.76 bits per heavy atom. The minimum Gasteiger partial charge on any atom is -0.353 e. The predicted octanol–water partition coefficient (Wildman–Crippen LogP) is 4.61. The van der Waals surface area contributed by atoms with Gasteiger partial charge in [0, 0.05) is 31.1 Å². The molecule has 2 N–H and O–H groups in total. The first-order valence-corrected chi connectivity index (χ1v) is 12.6. The molecule has 0 aromatic carbocycles. The fourth-order valence-electron chi connectivity index (χ4n) is 6.40. The average molecular weight is 404 g/mol. The lowest BCUT2D eigenvalue weighted by molar-refractivity contribution is -0.126. The van der Waals surface area contributed by atoms with Crippen LogP contribution in [-0.2, 0) is 4.79 Å². The van der Waals surface area contributed by atoms with Gasteiger partial charge < -0.3 is 15.5 Å². The second-order valence-electron chi connectivity index (χ2n) is 10.2. The van der Waals surface area contributed by atoms with Crippen molar-refractivity contribution < 1.29 is 9.59 Å². The van der Waals surface area contributed by atoms with Crippen LogP contribution < -0.4 is 10.6 Å². The summed E-state index contributed by atoms with van der Waals surface area (Å²) in [6.07, 6.45) is 18.0. The standard InChI is InChI=1S/C24H41N3O2/c28-23(20-12-2-1-3-13-20)25-21-14-16-27(17-15-21)24(29)26-22(18-8-4-5-9-18)19-10-6-7-11-19/h18-22H,1-17H2,(H,25,28)(H,26,29). The first-order chi connectivity index (χ1) is 14.2. The molecule has 4 rings (SSSR count). The smallest absolute Gasteiger partial charge is 0.317 e. The average Bonchev–Trinajstić information content (AvgIpc) is 3.47. The fourth-order valence-corrected chi connectivity index (χ4v) is 6.40. The molecule has 3 amide bonds. The molecular weight excluding hydrogens is 362 g/mol. The molecule has 5 heteroatoms. The van der Waals surface area contributed by atoms with Gasteiger partial charge in [0.15, 0.2) is 0 Å². The summed E-state index contributed by atoms with van der Waals surface area (Å²) in [5, 5.41) is 6.76. The lowest BCUT2D eigenvalue weighted by Gasteiger charge is -2.36. The molecule has 164 valence electrons. The third kappa shape index (κ3) is 5.46. The van der Waals surface area contributed by atoms with Gasteiger partial charge in [-0.2, -0.15) is 0 Å². The van der Waals surface area contributed by atoms with E-state index in [1.165, 1.54) is 70.6 Å². The third-order valence-corrected chi connectivity index (χ3v) is 8.21. The highest BCUT2D eigenvalue weighted by molar-refractivity contribution is 5.79. The van der Waals surface area contributed by atoms with E-state index in [9.17, 15) is 9.59 Å². The van der Waals surface area contributed by atoms with E-state index < -0.39 is 0 Å². The van der Waals surface area contributed by atoms with Crippen LogP contribution in [0.5, 0.6) is 0 Å². The van der Waals surface area contributed by atoms with Gasteiger partial charge in [-0.3, -0.25) is 4.79 Å². The van der Waals surface area contributed by atoms with Crippen molar-refractivity contribution in [3.8, 4) is 0 Å². The van der Waals surface area contributed by atoms with E-state index in [0.717, 1.165) is 38.8 Å². The predicted molar refractivity (Wildman–Crippen MR) is 116 cm³/mol. The SMILES string of the molecule is O=C(NC1CCN(C(=O)NC(C2CCCC2)C2CCCC2)CC1)C1CCCCC1. The number of rotatable bonds is 5. The van der Waals surface area contributed by atoms with Crippen LogP contribution in [0.25, 0.3) is 0 Å². The molecule has 4 aliphatic rings. The number of nitrogens with one attached hydrogen (secondary N) is 2. The highest BCUT2D eigenvalue weighted by Gasteiger charge is 2.35. The Hall–Kier alpha value is -1.26. The first kappa shape index (κ1) is 21.0. The lowest BCUT2D eigenvalue weighted by Crippen LogP contribution is -2.54. The molecule has 0 aromatic heterocycles. The maximum absolute atomic E-state index is 13.0. The summed E-state index contributed by atoms with van der Waals surface area (Å²) in [6.45, 7) is 1.53. The molecular formula is C24H41N3O2. The minimum absolute atomic E-state index is 0.144. The van der Waals surface area contributed by atoms with Crippen molar-refractivity contribution in [3.63, 3.8) is 0 Å².